The molecule has 182 valence electrons. The molecule has 1 N–H and O–H groups in total. The summed E-state index contributed by atoms with van der Waals surface area (Å²) in [6, 6.07) is 14.2. The number of hydrogen-bond acceptors (Lipinski definition) is 5. The first-order chi connectivity index (χ1) is 16.4. The quantitative estimate of drug-likeness (QED) is 0.622. The summed E-state index contributed by atoms with van der Waals surface area (Å²) in [5, 5.41) is 2.88. The lowest BCUT2D eigenvalue weighted by Crippen LogP contribution is -2.57. The molecular weight excluding hydrogens is 452 g/mol. The second-order valence-corrected chi connectivity index (χ2v) is 10.6. The number of fused-ring (bicyclic) bond motifs is 3. The van der Waals surface area contributed by atoms with Crippen LogP contribution in [0.2, 0.25) is 0 Å². The van der Waals surface area contributed by atoms with Gasteiger partial charge in [-0.2, -0.15) is 4.31 Å². The van der Waals surface area contributed by atoms with E-state index in [2.05, 4.69) is 10.2 Å². The van der Waals surface area contributed by atoms with Gasteiger partial charge in [-0.25, -0.2) is 8.42 Å². The molecule has 0 unspecified atom stereocenters. The second-order valence-electron chi connectivity index (χ2n) is 8.63. The zero-order valence-electron chi connectivity index (χ0n) is 19.7. The van der Waals surface area contributed by atoms with Gasteiger partial charge in [-0.15, -0.1) is 0 Å². The second kappa shape index (κ2) is 10.1. The number of anilines is 2. The highest BCUT2D eigenvalue weighted by Crippen LogP contribution is 2.41. The van der Waals surface area contributed by atoms with Gasteiger partial charge in [-0.05, 0) is 43.0 Å². The molecule has 1 fully saturated rings. The first kappa shape index (κ1) is 24.2. The van der Waals surface area contributed by atoms with Crippen molar-refractivity contribution >= 4 is 33.2 Å². The van der Waals surface area contributed by atoms with E-state index >= 15 is 0 Å². The smallest absolute Gasteiger partial charge is 0.250 e. The van der Waals surface area contributed by atoms with Crippen LogP contribution in [0.25, 0.3) is 0 Å². The number of carbonyl (C=O) groups excluding carboxylic acids is 2. The Balaban J connectivity index is 1.66. The molecule has 0 aromatic heterocycles. The molecule has 0 saturated carbocycles. The number of hydrogen-bond donors (Lipinski definition) is 1. The van der Waals surface area contributed by atoms with E-state index in [4.69, 9.17) is 0 Å². The van der Waals surface area contributed by atoms with E-state index in [1.54, 1.807) is 32.0 Å². The standard InChI is InChI=1S/C25H32N4O4S/c1-3-27(4-2)34(32,33)20-13-14-21-23(16-20)29(25(31)22-12-8-9-15-28(21)22)18-24(30)26-17-19-10-6-5-7-11-19/h5-7,10-11,13-14,16,22H,3-4,8-9,12,15,17-18H2,1-2H3,(H,26,30)/t22-/m0/s1. The number of sulfonamides is 1. The lowest BCUT2D eigenvalue weighted by atomic mass is 9.96. The number of nitrogens with one attached hydrogen (secondary N) is 1. The van der Waals surface area contributed by atoms with Gasteiger partial charge in [0.1, 0.15) is 12.6 Å². The lowest BCUT2D eigenvalue weighted by molar-refractivity contribution is -0.125. The fourth-order valence-corrected chi connectivity index (χ4v) is 6.25. The van der Waals surface area contributed by atoms with Gasteiger partial charge in [0, 0.05) is 26.2 Å². The average molecular weight is 485 g/mol. The molecule has 1 saturated heterocycles. The Morgan fingerprint density at radius 1 is 1.06 bits per heavy atom. The van der Waals surface area contributed by atoms with E-state index in [1.165, 1.54) is 9.21 Å². The lowest BCUT2D eigenvalue weighted by Gasteiger charge is -2.45. The molecule has 2 aliphatic rings. The Morgan fingerprint density at radius 2 is 1.79 bits per heavy atom. The summed E-state index contributed by atoms with van der Waals surface area (Å²) >= 11 is 0. The Labute approximate surface area is 201 Å². The minimum Gasteiger partial charge on any atom is -0.358 e. The summed E-state index contributed by atoms with van der Waals surface area (Å²) in [7, 11) is -3.70. The molecule has 34 heavy (non-hydrogen) atoms. The third kappa shape index (κ3) is 4.67. The highest BCUT2D eigenvalue weighted by atomic mass is 32.2. The van der Waals surface area contributed by atoms with Crippen molar-refractivity contribution in [3.05, 3.63) is 54.1 Å². The monoisotopic (exact) mass is 484 g/mol. The van der Waals surface area contributed by atoms with E-state index in [1.807, 2.05) is 30.3 Å². The van der Waals surface area contributed by atoms with Crippen molar-refractivity contribution in [2.75, 3.05) is 36.0 Å². The Hall–Kier alpha value is -2.91. The largest absolute Gasteiger partial charge is 0.358 e. The van der Waals surface area contributed by atoms with Crippen LogP contribution in [0.5, 0.6) is 0 Å². The maximum atomic E-state index is 13.5. The third-order valence-electron chi connectivity index (χ3n) is 6.58. The minimum absolute atomic E-state index is 0.132. The summed E-state index contributed by atoms with van der Waals surface area (Å²) in [6.45, 7) is 5.25. The highest BCUT2D eigenvalue weighted by molar-refractivity contribution is 7.89. The average Bonchev–Trinajstić information content (AvgIpc) is 2.86. The van der Waals surface area contributed by atoms with Gasteiger partial charge in [-0.3, -0.25) is 14.5 Å². The molecule has 0 spiro atoms. The van der Waals surface area contributed by atoms with Crippen LogP contribution in [0.4, 0.5) is 11.4 Å². The molecule has 2 amide bonds. The Bertz CT molecular complexity index is 1150. The van der Waals surface area contributed by atoms with Gasteiger partial charge in [-0.1, -0.05) is 44.2 Å². The predicted octanol–water partition coefficient (Wildman–Crippen LogP) is 2.74. The van der Waals surface area contributed by atoms with Crippen molar-refractivity contribution in [3.63, 3.8) is 0 Å². The van der Waals surface area contributed by atoms with Crippen molar-refractivity contribution in [1.82, 2.24) is 9.62 Å². The van der Waals surface area contributed by atoms with Crippen molar-refractivity contribution in [2.24, 2.45) is 0 Å². The molecule has 0 bridgehead atoms. The van der Waals surface area contributed by atoms with Gasteiger partial charge < -0.3 is 10.2 Å². The van der Waals surface area contributed by atoms with E-state index in [-0.39, 0.29) is 29.3 Å². The van der Waals surface area contributed by atoms with E-state index < -0.39 is 10.0 Å². The number of nitrogens with zero attached hydrogens (tertiary/aromatic N) is 3. The molecule has 4 rings (SSSR count). The number of piperidine rings is 1. The van der Waals surface area contributed by atoms with Crippen molar-refractivity contribution in [3.8, 4) is 0 Å². The van der Waals surface area contributed by atoms with Crippen molar-refractivity contribution < 1.29 is 18.0 Å². The Morgan fingerprint density at radius 3 is 2.50 bits per heavy atom. The van der Waals surface area contributed by atoms with Crippen LogP contribution in [-0.2, 0) is 26.2 Å². The Kier molecular flexibility index (Phi) is 7.23. The molecule has 0 aliphatic carbocycles. The number of amides is 2. The third-order valence-corrected chi connectivity index (χ3v) is 8.62. The van der Waals surface area contributed by atoms with Crippen molar-refractivity contribution in [1.29, 1.82) is 0 Å². The van der Waals surface area contributed by atoms with Crippen LogP contribution < -0.4 is 15.1 Å². The molecule has 2 aromatic rings. The van der Waals surface area contributed by atoms with Gasteiger partial charge in [0.15, 0.2) is 0 Å². The molecule has 2 aromatic carbocycles. The zero-order valence-corrected chi connectivity index (χ0v) is 20.6. The summed E-state index contributed by atoms with van der Waals surface area (Å²) in [4.78, 5) is 30.0. The normalized spacial score (nSPS) is 18.0. The van der Waals surface area contributed by atoms with Crippen LogP contribution in [0, 0.1) is 0 Å². The molecule has 1 atom stereocenters. The highest BCUT2D eigenvalue weighted by Gasteiger charge is 2.40. The van der Waals surface area contributed by atoms with E-state index in [0.717, 1.165) is 37.1 Å². The van der Waals surface area contributed by atoms with Crippen molar-refractivity contribution in [2.45, 2.75) is 50.6 Å². The first-order valence-electron chi connectivity index (χ1n) is 11.9. The molecule has 2 heterocycles. The van der Waals surface area contributed by atoms with Crippen LogP contribution >= 0.6 is 0 Å². The summed E-state index contributed by atoms with van der Waals surface area (Å²) < 4.78 is 27.7. The maximum Gasteiger partial charge on any atom is 0.250 e. The number of rotatable bonds is 8. The molecule has 2 aliphatic heterocycles. The predicted molar refractivity (Wildman–Crippen MR) is 132 cm³/mol. The fourth-order valence-electron chi connectivity index (χ4n) is 4.77. The topological polar surface area (TPSA) is 90.0 Å². The first-order valence-corrected chi connectivity index (χ1v) is 13.3. The summed E-state index contributed by atoms with van der Waals surface area (Å²) in [5.74, 6) is -0.441. The maximum absolute atomic E-state index is 13.5. The van der Waals surface area contributed by atoms with Gasteiger partial charge in [0.05, 0.1) is 16.3 Å². The van der Waals surface area contributed by atoms with Gasteiger partial charge >= 0.3 is 0 Å². The summed E-state index contributed by atoms with van der Waals surface area (Å²) in [6.07, 6.45) is 2.64. The van der Waals surface area contributed by atoms with E-state index in [0.29, 0.717) is 25.3 Å². The van der Waals surface area contributed by atoms with E-state index in [9.17, 15) is 18.0 Å². The van der Waals surface area contributed by atoms with Gasteiger partial charge in [0.25, 0.3) is 0 Å². The molecule has 9 heteroatoms. The zero-order chi connectivity index (χ0) is 24.3. The molecule has 8 nitrogen and oxygen atoms in total. The minimum atomic E-state index is -3.70. The summed E-state index contributed by atoms with van der Waals surface area (Å²) in [5.41, 5.74) is 2.25. The van der Waals surface area contributed by atoms with Crippen LogP contribution in [0.15, 0.2) is 53.4 Å². The fraction of sp³-hybridized carbons (Fsp3) is 0.440. The van der Waals surface area contributed by atoms with Gasteiger partial charge in [0.2, 0.25) is 21.8 Å². The SMILES string of the molecule is CCN(CC)S(=O)(=O)c1ccc2c(c1)N(CC(=O)NCc1ccccc1)C(=O)[C@@H]1CCCCN21. The molecular formula is C25H32N4O4S. The molecule has 0 radical (unpaired) electrons. The van der Waals surface area contributed by atoms with Crippen LogP contribution in [0.1, 0.15) is 38.7 Å². The number of carbonyl (C=O) groups is 2. The number of benzene rings is 2. The van der Waals surface area contributed by atoms with Crippen LogP contribution in [-0.4, -0.2) is 56.8 Å². The van der Waals surface area contributed by atoms with Crippen LogP contribution in [0.3, 0.4) is 0 Å².